The zero-order chi connectivity index (χ0) is 18.7. The van der Waals surface area contributed by atoms with Gasteiger partial charge in [-0.2, -0.15) is 0 Å². The summed E-state index contributed by atoms with van der Waals surface area (Å²) in [7, 11) is 4.50. The third kappa shape index (κ3) is 8.03. The molecule has 1 heterocycles. The summed E-state index contributed by atoms with van der Waals surface area (Å²) in [6, 6.07) is 0. The average Bonchev–Trinajstić information content (AvgIpc) is 2.57. The molecule has 0 aliphatic carbocycles. The van der Waals surface area contributed by atoms with E-state index >= 15 is 0 Å². The first-order valence-electron chi connectivity index (χ1n) is 9.25. The minimum absolute atomic E-state index is 0.0120. The van der Waals surface area contributed by atoms with Gasteiger partial charge < -0.3 is 4.90 Å². The zero-order valence-electron chi connectivity index (χ0n) is 16.6. The Labute approximate surface area is 151 Å². The lowest BCUT2D eigenvalue weighted by molar-refractivity contribution is -0.117. The molecule has 0 unspecified atom stereocenters. The van der Waals surface area contributed by atoms with E-state index in [2.05, 4.69) is 46.2 Å². The molecule has 0 atom stereocenters. The molecule has 2 nitrogen and oxygen atoms in total. The van der Waals surface area contributed by atoms with Gasteiger partial charge in [-0.3, -0.25) is 4.79 Å². The standard InChI is InChI=1S/C20H33NO.CH3B/c1-7-19(9-8-17(6)20(22)16(4)5)21-12-10-18(11-13-21)14-15(2)3;1-2/h7-9,15-16,18H,6,10-14H2,1-5H3;1H3/b9-8-,19-7+;. The highest BCUT2D eigenvalue weighted by atomic mass is 16.1. The Balaban J connectivity index is 0.00000254. The third-order valence-electron chi connectivity index (χ3n) is 4.38. The smallest absolute Gasteiger partial charge is 0.164 e. The van der Waals surface area contributed by atoms with Crippen molar-refractivity contribution in [3.63, 3.8) is 0 Å². The molecule has 1 saturated heterocycles. The molecule has 1 rings (SSSR count). The number of allylic oxidation sites excluding steroid dienone is 4. The van der Waals surface area contributed by atoms with Crippen LogP contribution in [0.3, 0.4) is 0 Å². The highest BCUT2D eigenvalue weighted by Crippen LogP contribution is 2.26. The first-order chi connectivity index (χ1) is 11.3. The number of hydrogen-bond acceptors (Lipinski definition) is 2. The zero-order valence-corrected chi connectivity index (χ0v) is 16.6. The SMILES string of the molecule is C=C(/C=C\C(=C/C)N1CCC(CC(C)C)CC1)C(=O)C(C)C.[B]C. The lowest BCUT2D eigenvalue weighted by Gasteiger charge is -2.35. The van der Waals surface area contributed by atoms with Crippen LogP contribution in [0.25, 0.3) is 0 Å². The molecule has 0 spiro atoms. The molecule has 1 fully saturated rings. The van der Waals surface area contributed by atoms with E-state index in [0.717, 1.165) is 24.9 Å². The van der Waals surface area contributed by atoms with Crippen molar-refractivity contribution >= 4 is 13.6 Å². The van der Waals surface area contributed by atoms with E-state index in [1.54, 1.807) is 0 Å². The molecular formula is C21H36BNO. The van der Waals surface area contributed by atoms with Gasteiger partial charge >= 0.3 is 0 Å². The summed E-state index contributed by atoms with van der Waals surface area (Å²) in [6.07, 6.45) is 9.94. The van der Waals surface area contributed by atoms with Crippen molar-refractivity contribution in [1.29, 1.82) is 0 Å². The summed E-state index contributed by atoms with van der Waals surface area (Å²) in [6.45, 7) is 18.1. The van der Waals surface area contributed by atoms with Gasteiger partial charge in [0.15, 0.2) is 5.78 Å². The predicted molar refractivity (Wildman–Crippen MR) is 107 cm³/mol. The number of piperidine rings is 1. The number of carbonyl (C=O) groups excluding carboxylic acids is 1. The molecular weight excluding hydrogens is 293 g/mol. The molecule has 3 heteroatoms. The third-order valence-corrected chi connectivity index (χ3v) is 4.38. The van der Waals surface area contributed by atoms with E-state index in [-0.39, 0.29) is 11.7 Å². The lowest BCUT2D eigenvalue weighted by Crippen LogP contribution is -2.33. The molecule has 1 aliphatic heterocycles. The van der Waals surface area contributed by atoms with Crippen LogP contribution in [-0.2, 0) is 4.79 Å². The predicted octanol–water partition coefficient (Wildman–Crippen LogP) is 5.19. The Morgan fingerprint density at radius 3 is 2.12 bits per heavy atom. The Bertz CT molecular complexity index is 441. The molecule has 0 amide bonds. The molecule has 24 heavy (non-hydrogen) atoms. The summed E-state index contributed by atoms with van der Waals surface area (Å²) in [5, 5.41) is 0. The van der Waals surface area contributed by atoms with Gasteiger partial charge in [0.25, 0.3) is 0 Å². The number of likely N-dealkylation sites (tertiary alicyclic amines) is 1. The summed E-state index contributed by atoms with van der Waals surface area (Å²) < 4.78 is 0. The fraction of sp³-hybridized carbons (Fsp3) is 0.667. The first kappa shape index (κ1) is 22.8. The Hall–Kier alpha value is -1.25. The quantitative estimate of drug-likeness (QED) is 0.364. The van der Waals surface area contributed by atoms with E-state index in [0.29, 0.717) is 5.57 Å². The topological polar surface area (TPSA) is 20.3 Å². The maximum atomic E-state index is 11.9. The normalized spacial score (nSPS) is 16.5. The molecule has 0 saturated carbocycles. The second-order valence-corrected chi connectivity index (χ2v) is 7.15. The molecule has 2 radical (unpaired) electrons. The van der Waals surface area contributed by atoms with Gasteiger partial charge in [-0.05, 0) is 50.2 Å². The number of Topliss-reactive ketones (excluding diaryl/α,β-unsaturated/α-hetero) is 1. The largest absolute Gasteiger partial charge is 0.372 e. The molecule has 0 aromatic heterocycles. The lowest BCUT2D eigenvalue weighted by atomic mass is 9.88. The number of rotatable bonds is 7. The molecule has 0 aromatic rings. The van der Waals surface area contributed by atoms with Gasteiger partial charge in [0.1, 0.15) is 0 Å². The summed E-state index contributed by atoms with van der Waals surface area (Å²) in [5.74, 6) is 1.80. The molecule has 134 valence electrons. The van der Waals surface area contributed by atoms with Crippen molar-refractivity contribution in [3.05, 3.63) is 36.1 Å². The maximum absolute atomic E-state index is 11.9. The number of hydrogen-bond donors (Lipinski definition) is 0. The minimum Gasteiger partial charge on any atom is -0.372 e. The van der Waals surface area contributed by atoms with Crippen LogP contribution in [0.15, 0.2) is 36.1 Å². The van der Waals surface area contributed by atoms with Gasteiger partial charge in [0.05, 0.1) is 7.85 Å². The van der Waals surface area contributed by atoms with Crippen molar-refractivity contribution in [2.45, 2.75) is 60.7 Å². The van der Waals surface area contributed by atoms with E-state index in [1.165, 1.54) is 31.8 Å². The maximum Gasteiger partial charge on any atom is 0.164 e. The van der Waals surface area contributed by atoms with Crippen molar-refractivity contribution in [3.8, 4) is 0 Å². The second kappa shape index (κ2) is 12.2. The fourth-order valence-corrected chi connectivity index (χ4v) is 3.12. The summed E-state index contributed by atoms with van der Waals surface area (Å²) in [4.78, 5) is 14.3. The summed E-state index contributed by atoms with van der Waals surface area (Å²) >= 11 is 0. The number of ketones is 1. The van der Waals surface area contributed by atoms with Crippen LogP contribution < -0.4 is 0 Å². The van der Waals surface area contributed by atoms with E-state index in [9.17, 15) is 4.79 Å². The first-order valence-corrected chi connectivity index (χ1v) is 9.25. The molecule has 1 aliphatic rings. The molecule has 0 bridgehead atoms. The number of nitrogens with zero attached hydrogens (tertiary/aromatic N) is 1. The van der Waals surface area contributed by atoms with Crippen LogP contribution in [0, 0.1) is 17.8 Å². The van der Waals surface area contributed by atoms with Crippen LogP contribution >= 0.6 is 0 Å². The van der Waals surface area contributed by atoms with E-state index in [4.69, 9.17) is 0 Å². The van der Waals surface area contributed by atoms with Gasteiger partial charge in [-0.1, -0.05) is 47.2 Å². The van der Waals surface area contributed by atoms with Crippen molar-refractivity contribution in [2.24, 2.45) is 17.8 Å². The minimum atomic E-state index is 0.0120. The Kier molecular flexibility index (Phi) is 11.5. The molecule has 0 N–H and O–H groups in total. The van der Waals surface area contributed by atoms with Gasteiger partial charge in [0, 0.05) is 30.3 Å². The van der Waals surface area contributed by atoms with E-state index in [1.807, 2.05) is 26.0 Å². The van der Waals surface area contributed by atoms with Crippen molar-refractivity contribution < 1.29 is 4.79 Å². The Morgan fingerprint density at radius 2 is 1.71 bits per heavy atom. The second-order valence-electron chi connectivity index (χ2n) is 7.15. The van der Waals surface area contributed by atoms with Crippen LogP contribution in [0.1, 0.15) is 53.9 Å². The highest BCUT2D eigenvalue weighted by Gasteiger charge is 2.20. The van der Waals surface area contributed by atoms with Crippen LogP contribution in [-0.4, -0.2) is 31.6 Å². The monoisotopic (exact) mass is 329 g/mol. The average molecular weight is 329 g/mol. The van der Waals surface area contributed by atoms with Crippen LogP contribution in [0.4, 0.5) is 0 Å². The Morgan fingerprint density at radius 1 is 1.17 bits per heavy atom. The van der Waals surface area contributed by atoms with Crippen LogP contribution in [0.5, 0.6) is 0 Å². The van der Waals surface area contributed by atoms with E-state index < -0.39 is 0 Å². The van der Waals surface area contributed by atoms with Gasteiger partial charge in [-0.15, -0.1) is 0 Å². The van der Waals surface area contributed by atoms with Crippen molar-refractivity contribution in [2.75, 3.05) is 13.1 Å². The molecule has 0 aromatic carbocycles. The summed E-state index contributed by atoms with van der Waals surface area (Å²) in [5.41, 5.74) is 1.81. The van der Waals surface area contributed by atoms with Gasteiger partial charge in [-0.25, -0.2) is 0 Å². The van der Waals surface area contributed by atoms with Gasteiger partial charge in [0.2, 0.25) is 0 Å². The fourth-order valence-electron chi connectivity index (χ4n) is 3.12. The van der Waals surface area contributed by atoms with Crippen molar-refractivity contribution in [1.82, 2.24) is 4.90 Å². The number of carbonyl (C=O) groups is 1. The highest BCUT2D eigenvalue weighted by molar-refractivity contribution is 6.05. The van der Waals surface area contributed by atoms with Crippen LogP contribution in [0.2, 0.25) is 6.82 Å².